The van der Waals surface area contributed by atoms with Crippen molar-refractivity contribution in [2.45, 2.75) is 26.0 Å². The molecule has 0 amide bonds. The molecule has 0 aromatic heterocycles. The van der Waals surface area contributed by atoms with Crippen molar-refractivity contribution in [3.05, 3.63) is 88.2 Å². The predicted molar refractivity (Wildman–Crippen MR) is 126 cm³/mol. The number of hydrogen-bond acceptors (Lipinski definition) is 5. The summed E-state index contributed by atoms with van der Waals surface area (Å²) in [6, 6.07) is 18.6. The van der Waals surface area contributed by atoms with Gasteiger partial charge in [-0.3, -0.25) is 0 Å². The lowest BCUT2D eigenvalue weighted by molar-refractivity contribution is -0.148. The number of nitrogens with one attached hydrogen (secondary N) is 1. The Morgan fingerprint density at radius 2 is 1.76 bits per heavy atom. The Morgan fingerprint density at radius 1 is 1.03 bits per heavy atom. The van der Waals surface area contributed by atoms with Crippen LogP contribution in [0.3, 0.4) is 0 Å². The van der Waals surface area contributed by atoms with Gasteiger partial charge in [0.05, 0.1) is 10.0 Å². The molecule has 5 nitrogen and oxygen atoms in total. The van der Waals surface area contributed by atoms with Crippen LogP contribution in [0.4, 0.5) is 10.1 Å². The van der Waals surface area contributed by atoms with Crippen LogP contribution in [0.25, 0.3) is 0 Å². The average Bonchev–Trinajstić information content (AvgIpc) is 2.80. The molecule has 0 bridgehead atoms. The van der Waals surface area contributed by atoms with Crippen LogP contribution in [0, 0.1) is 23.1 Å². The first-order valence-corrected chi connectivity index (χ1v) is 10.9. The monoisotopic (exact) mass is 486 g/mol. The lowest BCUT2D eigenvalue weighted by Crippen LogP contribution is -2.36. The minimum absolute atomic E-state index is 0.0793. The Hall–Kier alpha value is -3.27. The molecule has 0 saturated carbocycles. The first-order valence-electron chi connectivity index (χ1n) is 10.1. The molecule has 33 heavy (non-hydrogen) atoms. The molecule has 0 aliphatic heterocycles. The van der Waals surface area contributed by atoms with Crippen molar-refractivity contribution in [1.29, 1.82) is 5.26 Å². The Labute approximate surface area is 201 Å². The second-order valence-corrected chi connectivity index (χ2v) is 8.36. The van der Waals surface area contributed by atoms with Crippen LogP contribution in [-0.4, -0.2) is 12.0 Å². The van der Waals surface area contributed by atoms with E-state index in [4.69, 9.17) is 32.7 Å². The van der Waals surface area contributed by atoms with Crippen molar-refractivity contribution in [3.63, 3.8) is 0 Å². The van der Waals surface area contributed by atoms with E-state index in [0.717, 1.165) is 0 Å². The fraction of sp³-hybridized carbons (Fsp3) is 0.200. The summed E-state index contributed by atoms with van der Waals surface area (Å²) in [7, 11) is 0. The number of para-hydroxylation sites is 1. The fourth-order valence-electron chi connectivity index (χ4n) is 3.00. The smallest absolute Gasteiger partial charge is 0.330 e. The van der Waals surface area contributed by atoms with Gasteiger partial charge in [-0.2, -0.15) is 5.26 Å². The Kier molecular flexibility index (Phi) is 8.16. The third-order valence-corrected chi connectivity index (χ3v) is 5.48. The normalized spacial score (nSPS) is 12.5. The van der Waals surface area contributed by atoms with Gasteiger partial charge in [0.15, 0.2) is 11.6 Å². The minimum Gasteiger partial charge on any atom is -0.454 e. The van der Waals surface area contributed by atoms with Gasteiger partial charge in [-0.15, -0.1) is 0 Å². The number of anilines is 1. The third kappa shape index (κ3) is 6.38. The van der Waals surface area contributed by atoms with E-state index in [-0.39, 0.29) is 17.2 Å². The van der Waals surface area contributed by atoms with Gasteiger partial charge < -0.3 is 14.8 Å². The SMILES string of the molecule is CC(C)C(Nc1ccc(Cl)c(Cl)c1)C(=O)OC(C#N)c1ccc(F)c(Oc2ccccc2)c1. The number of nitrogens with zero attached hydrogens (tertiary/aromatic N) is 1. The molecule has 3 aromatic carbocycles. The highest BCUT2D eigenvalue weighted by Crippen LogP contribution is 2.30. The second-order valence-electron chi connectivity index (χ2n) is 7.55. The van der Waals surface area contributed by atoms with Gasteiger partial charge in [0.25, 0.3) is 0 Å². The molecule has 3 aromatic rings. The van der Waals surface area contributed by atoms with E-state index < -0.39 is 23.9 Å². The number of benzene rings is 3. The van der Waals surface area contributed by atoms with Crippen molar-refractivity contribution in [3.8, 4) is 17.6 Å². The molecular weight excluding hydrogens is 466 g/mol. The van der Waals surface area contributed by atoms with Crippen molar-refractivity contribution in [2.75, 3.05) is 5.32 Å². The maximum atomic E-state index is 14.3. The highest BCUT2D eigenvalue weighted by molar-refractivity contribution is 6.42. The minimum atomic E-state index is -1.26. The van der Waals surface area contributed by atoms with Gasteiger partial charge in [0.1, 0.15) is 17.9 Å². The molecule has 1 N–H and O–H groups in total. The molecule has 170 valence electrons. The zero-order valence-electron chi connectivity index (χ0n) is 17.9. The second kappa shape index (κ2) is 11.0. The van der Waals surface area contributed by atoms with Crippen LogP contribution >= 0.6 is 23.2 Å². The summed E-state index contributed by atoms with van der Waals surface area (Å²) in [4.78, 5) is 12.9. The number of halogens is 3. The highest BCUT2D eigenvalue weighted by atomic mass is 35.5. The maximum Gasteiger partial charge on any atom is 0.330 e. The van der Waals surface area contributed by atoms with E-state index >= 15 is 0 Å². The molecule has 0 heterocycles. The quantitative estimate of drug-likeness (QED) is 0.341. The molecule has 0 aliphatic carbocycles. The van der Waals surface area contributed by atoms with Gasteiger partial charge >= 0.3 is 5.97 Å². The molecule has 0 radical (unpaired) electrons. The van der Waals surface area contributed by atoms with Crippen LogP contribution in [0.15, 0.2) is 66.7 Å². The molecule has 0 aliphatic rings. The van der Waals surface area contributed by atoms with E-state index in [1.807, 2.05) is 26.0 Å². The number of esters is 1. The number of hydrogen-bond donors (Lipinski definition) is 1. The first kappa shape index (κ1) is 24.4. The number of nitriles is 1. The topological polar surface area (TPSA) is 71.3 Å². The van der Waals surface area contributed by atoms with Gasteiger partial charge in [0.2, 0.25) is 6.10 Å². The first-order chi connectivity index (χ1) is 15.8. The number of ether oxygens (including phenoxy) is 2. The van der Waals surface area contributed by atoms with Gasteiger partial charge in [-0.1, -0.05) is 61.3 Å². The highest BCUT2D eigenvalue weighted by Gasteiger charge is 2.28. The summed E-state index contributed by atoms with van der Waals surface area (Å²) < 4.78 is 25.3. The molecule has 0 saturated heterocycles. The lowest BCUT2D eigenvalue weighted by Gasteiger charge is -2.23. The summed E-state index contributed by atoms with van der Waals surface area (Å²) in [5.74, 6) is -1.06. The van der Waals surface area contributed by atoms with Crippen LogP contribution < -0.4 is 10.1 Å². The number of carbonyl (C=O) groups excluding carboxylic acids is 1. The van der Waals surface area contributed by atoms with E-state index in [1.165, 1.54) is 18.2 Å². The molecule has 3 rings (SSSR count). The molecule has 2 unspecified atom stereocenters. The van der Waals surface area contributed by atoms with Crippen LogP contribution in [0.5, 0.6) is 11.5 Å². The summed E-state index contributed by atoms with van der Waals surface area (Å²) in [5, 5.41) is 13.4. The number of rotatable bonds is 8. The third-order valence-electron chi connectivity index (χ3n) is 4.74. The van der Waals surface area contributed by atoms with Crippen molar-refractivity contribution in [2.24, 2.45) is 5.92 Å². The van der Waals surface area contributed by atoms with Crippen LogP contribution in [0.2, 0.25) is 10.0 Å². The summed E-state index contributed by atoms with van der Waals surface area (Å²) in [5.41, 5.74) is 0.865. The van der Waals surface area contributed by atoms with Gasteiger partial charge in [-0.05, 0) is 48.4 Å². The molecular formula is C25H21Cl2FN2O3. The lowest BCUT2D eigenvalue weighted by atomic mass is 10.0. The predicted octanol–water partition coefficient (Wildman–Crippen LogP) is 7.17. The van der Waals surface area contributed by atoms with Gasteiger partial charge in [-0.25, -0.2) is 9.18 Å². The summed E-state index contributed by atoms with van der Waals surface area (Å²) >= 11 is 12.0. The zero-order chi connectivity index (χ0) is 24.0. The van der Waals surface area contributed by atoms with E-state index in [9.17, 15) is 14.4 Å². The van der Waals surface area contributed by atoms with E-state index in [1.54, 1.807) is 42.5 Å². The van der Waals surface area contributed by atoms with E-state index in [0.29, 0.717) is 21.5 Å². The van der Waals surface area contributed by atoms with Crippen LogP contribution in [0.1, 0.15) is 25.5 Å². The maximum absolute atomic E-state index is 14.3. The Morgan fingerprint density at radius 3 is 2.39 bits per heavy atom. The zero-order valence-corrected chi connectivity index (χ0v) is 19.4. The van der Waals surface area contributed by atoms with Crippen LogP contribution in [-0.2, 0) is 9.53 Å². The summed E-state index contributed by atoms with van der Waals surface area (Å²) in [6.45, 7) is 3.67. The Balaban J connectivity index is 1.78. The van der Waals surface area contributed by atoms with E-state index in [2.05, 4.69) is 5.32 Å². The largest absolute Gasteiger partial charge is 0.454 e. The van der Waals surface area contributed by atoms with Crippen molar-refractivity contribution < 1.29 is 18.7 Å². The average molecular weight is 487 g/mol. The molecule has 0 spiro atoms. The standard InChI is InChI=1S/C25H21Cl2FN2O3/c1-15(2)24(30-17-9-10-19(26)20(27)13-17)25(31)33-23(14-29)16-8-11-21(28)22(12-16)32-18-6-4-3-5-7-18/h3-13,15,23-24,30H,1-2H3. The Bertz CT molecular complexity index is 1170. The fourth-order valence-corrected chi connectivity index (χ4v) is 3.30. The molecule has 2 atom stereocenters. The van der Waals surface area contributed by atoms with Crippen molar-refractivity contribution >= 4 is 34.9 Å². The molecule has 8 heteroatoms. The number of carbonyl (C=O) groups is 1. The molecule has 0 fully saturated rings. The van der Waals surface area contributed by atoms with Gasteiger partial charge in [0, 0.05) is 11.3 Å². The van der Waals surface area contributed by atoms with Crippen molar-refractivity contribution in [1.82, 2.24) is 0 Å². The summed E-state index contributed by atoms with van der Waals surface area (Å²) in [6.07, 6.45) is -1.26.